The first-order chi connectivity index (χ1) is 8.57. The van der Waals surface area contributed by atoms with E-state index >= 15 is 0 Å². The molecule has 18 heavy (non-hydrogen) atoms. The largest absolute Gasteiger partial charge is 0.243 e. The van der Waals surface area contributed by atoms with E-state index in [2.05, 4.69) is 0 Å². The lowest BCUT2D eigenvalue weighted by atomic mass is 9.91. The van der Waals surface area contributed by atoms with Gasteiger partial charge >= 0.3 is 0 Å². The molecule has 2 aliphatic rings. The zero-order valence-electron chi connectivity index (χ0n) is 10.7. The summed E-state index contributed by atoms with van der Waals surface area (Å²) in [4.78, 5) is 0.445. The summed E-state index contributed by atoms with van der Waals surface area (Å²) in [6, 6.07) is 7.44. The molecule has 1 aliphatic carbocycles. The lowest BCUT2D eigenvalue weighted by Gasteiger charge is -2.24. The normalized spacial score (nSPS) is 28.5. The smallest absolute Gasteiger partial charge is 0.207 e. The highest BCUT2D eigenvalue weighted by atomic mass is 32.2. The van der Waals surface area contributed by atoms with E-state index in [1.54, 1.807) is 16.4 Å². The van der Waals surface area contributed by atoms with Gasteiger partial charge in [-0.3, -0.25) is 0 Å². The van der Waals surface area contributed by atoms with Gasteiger partial charge in [0, 0.05) is 12.6 Å². The maximum Gasteiger partial charge on any atom is 0.243 e. The molecule has 1 saturated carbocycles. The summed E-state index contributed by atoms with van der Waals surface area (Å²) >= 11 is 0. The topological polar surface area (TPSA) is 37.4 Å². The van der Waals surface area contributed by atoms with Crippen LogP contribution in [-0.2, 0) is 10.0 Å². The number of fused-ring (bicyclic) bond motifs is 2. The maximum absolute atomic E-state index is 12.6. The van der Waals surface area contributed by atoms with Crippen LogP contribution < -0.4 is 0 Å². The van der Waals surface area contributed by atoms with Gasteiger partial charge < -0.3 is 0 Å². The van der Waals surface area contributed by atoms with Crippen LogP contribution in [0.5, 0.6) is 0 Å². The number of nitrogens with zero attached hydrogens (tertiary/aromatic N) is 1. The van der Waals surface area contributed by atoms with Gasteiger partial charge in [0.1, 0.15) is 0 Å². The van der Waals surface area contributed by atoms with Gasteiger partial charge in [-0.2, -0.15) is 4.31 Å². The van der Waals surface area contributed by atoms with Crippen LogP contribution in [-0.4, -0.2) is 25.3 Å². The van der Waals surface area contributed by atoms with E-state index in [1.165, 1.54) is 12.8 Å². The Labute approximate surface area is 109 Å². The van der Waals surface area contributed by atoms with Gasteiger partial charge in [0.2, 0.25) is 10.0 Å². The molecule has 0 spiro atoms. The fraction of sp³-hybridized carbons (Fsp3) is 0.571. The number of hydrogen-bond donors (Lipinski definition) is 0. The number of sulfonamides is 1. The van der Waals surface area contributed by atoms with Gasteiger partial charge in [-0.15, -0.1) is 0 Å². The third-order valence-electron chi connectivity index (χ3n) is 4.23. The predicted octanol–water partition coefficient (Wildman–Crippen LogP) is 2.56. The summed E-state index contributed by atoms with van der Waals surface area (Å²) in [6.45, 7) is 2.69. The Morgan fingerprint density at radius 1 is 1.17 bits per heavy atom. The van der Waals surface area contributed by atoms with Crippen LogP contribution in [0.25, 0.3) is 0 Å². The molecular formula is C14H19NO2S. The minimum Gasteiger partial charge on any atom is -0.207 e. The second-order valence-corrected chi connectivity index (χ2v) is 7.46. The molecule has 3 nitrogen and oxygen atoms in total. The van der Waals surface area contributed by atoms with Gasteiger partial charge in [-0.25, -0.2) is 8.42 Å². The zero-order chi connectivity index (χ0) is 12.8. The van der Waals surface area contributed by atoms with Gasteiger partial charge in [0.25, 0.3) is 0 Å². The highest BCUT2D eigenvalue weighted by Crippen LogP contribution is 2.38. The average molecular weight is 265 g/mol. The van der Waals surface area contributed by atoms with Crippen molar-refractivity contribution >= 4 is 10.0 Å². The second-order valence-electron chi connectivity index (χ2n) is 5.57. The number of hydrogen-bond acceptors (Lipinski definition) is 2. The summed E-state index contributed by atoms with van der Waals surface area (Å²) < 4.78 is 27.0. The fourth-order valence-electron chi connectivity index (χ4n) is 3.23. The van der Waals surface area contributed by atoms with Crippen LogP contribution in [0.1, 0.15) is 31.2 Å². The zero-order valence-corrected chi connectivity index (χ0v) is 11.5. The summed E-state index contributed by atoms with van der Waals surface area (Å²) in [6.07, 6.45) is 4.46. The molecular weight excluding hydrogens is 246 g/mol. The van der Waals surface area contributed by atoms with Crippen LogP contribution in [0.15, 0.2) is 29.2 Å². The Bertz CT molecular complexity index is 535. The van der Waals surface area contributed by atoms with Crippen molar-refractivity contribution in [2.45, 2.75) is 43.5 Å². The highest BCUT2D eigenvalue weighted by molar-refractivity contribution is 7.89. The van der Waals surface area contributed by atoms with Crippen molar-refractivity contribution in [1.82, 2.24) is 4.31 Å². The molecule has 2 bridgehead atoms. The Balaban J connectivity index is 1.93. The predicted molar refractivity (Wildman–Crippen MR) is 70.8 cm³/mol. The first-order valence-electron chi connectivity index (χ1n) is 6.66. The van der Waals surface area contributed by atoms with Crippen molar-refractivity contribution < 1.29 is 8.42 Å². The highest BCUT2D eigenvalue weighted by Gasteiger charge is 2.41. The van der Waals surface area contributed by atoms with Crippen LogP contribution in [0, 0.1) is 12.8 Å². The summed E-state index contributed by atoms with van der Waals surface area (Å²) in [7, 11) is -3.28. The van der Waals surface area contributed by atoms with Gasteiger partial charge in [0.15, 0.2) is 0 Å². The summed E-state index contributed by atoms with van der Waals surface area (Å²) in [5.41, 5.74) is 1.09. The molecule has 1 aromatic carbocycles. The molecule has 0 aromatic heterocycles. The molecule has 0 amide bonds. The molecule has 1 aliphatic heterocycles. The van der Waals surface area contributed by atoms with Gasteiger partial charge in [-0.1, -0.05) is 24.1 Å². The molecule has 98 valence electrons. The number of rotatable bonds is 2. The molecule has 0 N–H and O–H groups in total. The number of aryl methyl sites for hydroxylation is 1. The third-order valence-corrected chi connectivity index (χ3v) is 6.16. The van der Waals surface area contributed by atoms with Crippen molar-refractivity contribution in [3.05, 3.63) is 29.8 Å². The lowest BCUT2D eigenvalue weighted by molar-refractivity contribution is 0.356. The van der Waals surface area contributed by atoms with E-state index in [1.807, 2.05) is 19.1 Å². The van der Waals surface area contributed by atoms with E-state index < -0.39 is 10.0 Å². The van der Waals surface area contributed by atoms with Crippen molar-refractivity contribution in [3.63, 3.8) is 0 Å². The van der Waals surface area contributed by atoms with Crippen LogP contribution in [0.2, 0.25) is 0 Å². The van der Waals surface area contributed by atoms with E-state index in [0.29, 0.717) is 10.8 Å². The molecule has 4 heteroatoms. The summed E-state index contributed by atoms with van der Waals surface area (Å²) in [5.74, 6) is 0.587. The lowest BCUT2D eigenvalue weighted by Crippen LogP contribution is -2.35. The van der Waals surface area contributed by atoms with E-state index in [4.69, 9.17) is 0 Å². The van der Waals surface area contributed by atoms with Crippen molar-refractivity contribution in [2.75, 3.05) is 6.54 Å². The molecule has 1 heterocycles. The monoisotopic (exact) mass is 265 g/mol. The minimum atomic E-state index is -3.28. The Morgan fingerprint density at radius 3 is 2.56 bits per heavy atom. The molecule has 2 atom stereocenters. The van der Waals surface area contributed by atoms with Crippen LogP contribution in [0.4, 0.5) is 0 Å². The van der Waals surface area contributed by atoms with Crippen molar-refractivity contribution in [1.29, 1.82) is 0 Å². The summed E-state index contributed by atoms with van der Waals surface area (Å²) in [5, 5.41) is 0. The molecule has 2 fully saturated rings. The van der Waals surface area contributed by atoms with Crippen molar-refractivity contribution in [2.24, 2.45) is 5.92 Å². The fourth-order valence-corrected chi connectivity index (χ4v) is 4.98. The van der Waals surface area contributed by atoms with E-state index in [9.17, 15) is 8.42 Å². The third kappa shape index (κ3) is 1.97. The minimum absolute atomic E-state index is 0.245. The second kappa shape index (κ2) is 4.35. The van der Waals surface area contributed by atoms with Crippen molar-refractivity contribution in [3.8, 4) is 0 Å². The van der Waals surface area contributed by atoms with Crippen LogP contribution in [0.3, 0.4) is 0 Å². The maximum atomic E-state index is 12.6. The Morgan fingerprint density at radius 2 is 1.89 bits per heavy atom. The quantitative estimate of drug-likeness (QED) is 0.824. The molecule has 1 saturated heterocycles. The molecule has 3 rings (SSSR count). The Hall–Kier alpha value is -0.870. The Kier molecular flexibility index (Phi) is 2.94. The first-order valence-corrected chi connectivity index (χ1v) is 8.10. The average Bonchev–Trinajstić information content (AvgIpc) is 2.65. The molecule has 1 aromatic rings. The van der Waals surface area contributed by atoms with E-state index in [-0.39, 0.29) is 6.04 Å². The van der Waals surface area contributed by atoms with Gasteiger partial charge in [-0.05, 0) is 44.2 Å². The standard InChI is InChI=1S/C14H19NO2S/c1-11-5-7-14(8-6-11)18(16,17)15-10-12-3-2-4-13(15)9-12/h5-8,12-13H,2-4,9-10H2,1H3/t12-,13-/m1/s1. The van der Waals surface area contributed by atoms with Gasteiger partial charge in [0.05, 0.1) is 4.90 Å². The van der Waals surface area contributed by atoms with Crippen LogP contribution >= 0.6 is 0 Å². The molecule has 0 radical (unpaired) electrons. The molecule has 0 unspecified atom stereocenters. The number of benzene rings is 1. The first kappa shape index (κ1) is 12.2. The van der Waals surface area contributed by atoms with E-state index in [0.717, 1.165) is 24.9 Å². The SMILES string of the molecule is Cc1ccc(S(=O)(=O)N2C[C@@H]3CCC[C@@H]2C3)cc1.